The minimum Gasteiger partial charge on any atom is -0.493 e. The number of nitrogens with zero attached hydrogens (tertiary/aromatic N) is 1. The van der Waals surface area contributed by atoms with E-state index in [-0.39, 0.29) is 5.91 Å². The number of carbonyl (C=O) groups excluding carboxylic acids is 2. The van der Waals surface area contributed by atoms with Crippen LogP contribution in [0.5, 0.6) is 11.5 Å². The Kier molecular flexibility index (Phi) is 6.35. The third-order valence-electron chi connectivity index (χ3n) is 3.57. The third-order valence-corrected chi connectivity index (χ3v) is 4.62. The quantitative estimate of drug-likeness (QED) is 0.590. The summed E-state index contributed by atoms with van der Waals surface area (Å²) in [5, 5.41) is 3.01. The van der Waals surface area contributed by atoms with Gasteiger partial charge in [-0.25, -0.2) is 9.78 Å². The first-order valence-electron chi connectivity index (χ1n) is 7.68. The zero-order chi connectivity index (χ0) is 19.3. The summed E-state index contributed by atoms with van der Waals surface area (Å²) < 4.78 is 15.4. The molecule has 0 fully saturated rings. The van der Waals surface area contributed by atoms with E-state index in [1.54, 1.807) is 25.1 Å². The average molecular weight is 376 g/mol. The first kappa shape index (κ1) is 19.5. The van der Waals surface area contributed by atoms with Crippen LogP contribution in [-0.4, -0.2) is 38.2 Å². The molecule has 0 aliphatic carbocycles. The van der Waals surface area contributed by atoms with Crippen molar-refractivity contribution >= 4 is 28.3 Å². The molecule has 2 rings (SSSR count). The van der Waals surface area contributed by atoms with E-state index in [2.05, 4.69) is 16.9 Å². The Morgan fingerprint density at radius 2 is 2.00 bits per heavy atom. The summed E-state index contributed by atoms with van der Waals surface area (Å²) >= 11 is 1.06. The van der Waals surface area contributed by atoms with Crippen molar-refractivity contribution in [1.29, 1.82) is 0 Å². The second kappa shape index (κ2) is 8.48. The number of ether oxygens (including phenoxy) is 3. The molecule has 8 heteroatoms. The van der Waals surface area contributed by atoms with Crippen molar-refractivity contribution in [2.75, 3.05) is 26.6 Å². The number of allylic oxidation sites excluding steroid dienone is 1. The van der Waals surface area contributed by atoms with Gasteiger partial charge in [-0.05, 0) is 25.5 Å². The summed E-state index contributed by atoms with van der Waals surface area (Å²) in [6.07, 6.45) is 2.23. The summed E-state index contributed by atoms with van der Waals surface area (Å²) in [4.78, 5) is 28.8. The number of hydrogen-bond acceptors (Lipinski definition) is 7. The highest BCUT2D eigenvalue weighted by molar-refractivity contribution is 7.17. The number of amides is 1. The van der Waals surface area contributed by atoms with Crippen LogP contribution in [-0.2, 0) is 11.2 Å². The number of esters is 1. The summed E-state index contributed by atoms with van der Waals surface area (Å²) in [6, 6.07) is 3.29. The molecule has 7 nitrogen and oxygen atoms in total. The van der Waals surface area contributed by atoms with Gasteiger partial charge in [-0.15, -0.1) is 6.58 Å². The van der Waals surface area contributed by atoms with Crippen LogP contribution in [0.4, 0.5) is 5.13 Å². The number of rotatable bonds is 7. The Bertz CT molecular complexity index is 844. The fraction of sp³-hybridized carbons (Fsp3) is 0.278. The molecule has 1 aromatic carbocycles. The van der Waals surface area contributed by atoms with Gasteiger partial charge in [0.2, 0.25) is 0 Å². The predicted molar refractivity (Wildman–Crippen MR) is 99.6 cm³/mol. The van der Waals surface area contributed by atoms with E-state index in [4.69, 9.17) is 14.2 Å². The number of aryl methyl sites for hydroxylation is 1. The molecule has 1 heterocycles. The summed E-state index contributed by atoms with van der Waals surface area (Å²) in [6.45, 7) is 5.39. The molecule has 0 atom stereocenters. The lowest BCUT2D eigenvalue weighted by Crippen LogP contribution is -2.13. The van der Waals surface area contributed by atoms with Gasteiger partial charge in [0.05, 0.1) is 27.0 Å². The summed E-state index contributed by atoms with van der Waals surface area (Å²) in [7, 11) is 4.34. The highest BCUT2D eigenvalue weighted by Gasteiger charge is 2.19. The number of methoxy groups -OCH3 is 3. The van der Waals surface area contributed by atoms with Gasteiger partial charge in [-0.3, -0.25) is 10.1 Å². The SMILES string of the molecule is C=CCc1cc(C(=O)Nc2nc(C)c(C(=O)OC)s2)cc(OC)c1OC. The monoisotopic (exact) mass is 376 g/mol. The topological polar surface area (TPSA) is 86.8 Å². The fourth-order valence-corrected chi connectivity index (χ4v) is 3.26. The van der Waals surface area contributed by atoms with Gasteiger partial charge in [-0.2, -0.15) is 0 Å². The highest BCUT2D eigenvalue weighted by Crippen LogP contribution is 2.33. The Hall–Kier alpha value is -2.87. The largest absolute Gasteiger partial charge is 0.493 e. The minimum absolute atomic E-state index is 0.313. The van der Waals surface area contributed by atoms with Gasteiger partial charge in [-0.1, -0.05) is 17.4 Å². The number of benzene rings is 1. The van der Waals surface area contributed by atoms with E-state index in [1.807, 2.05) is 0 Å². The van der Waals surface area contributed by atoms with E-state index in [0.717, 1.165) is 16.9 Å². The molecular weight excluding hydrogens is 356 g/mol. The van der Waals surface area contributed by atoms with Crippen LogP contribution >= 0.6 is 11.3 Å². The van der Waals surface area contributed by atoms with Crippen molar-refractivity contribution in [3.63, 3.8) is 0 Å². The molecule has 0 aliphatic heterocycles. The molecule has 0 saturated carbocycles. The van der Waals surface area contributed by atoms with Gasteiger partial charge in [0.15, 0.2) is 16.6 Å². The molecule has 0 bridgehead atoms. The number of aromatic nitrogens is 1. The van der Waals surface area contributed by atoms with Crippen LogP contribution in [0.25, 0.3) is 0 Å². The van der Waals surface area contributed by atoms with Crippen molar-refractivity contribution < 1.29 is 23.8 Å². The van der Waals surface area contributed by atoms with E-state index < -0.39 is 5.97 Å². The Morgan fingerprint density at radius 1 is 1.27 bits per heavy atom. The van der Waals surface area contributed by atoms with Gasteiger partial charge in [0.1, 0.15) is 4.88 Å². The average Bonchev–Trinajstić information content (AvgIpc) is 3.00. The molecule has 1 aromatic heterocycles. The van der Waals surface area contributed by atoms with Gasteiger partial charge in [0, 0.05) is 11.1 Å². The molecule has 2 aromatic rings. The number of hydrogen-bond donors (Lipinski definition) is 1. The Balaban J connectivity index is 2.33. The molecule has 0 radical (unpaired) electrons. The van der Waals surface area contributed by atoms with Crippen molar-refractivity contribution in [3.8, 4) is 11.5 Å². The maximum absolute atomic E-state index is 12.6. The number of anilines is 1. The summed E-state index contributed by atoms with van der Waals surface area (Å²) in [5.41, 5.74) is 1.65. The molecule has 0 saturated heterocycles. The summed E-state index contributed by atoms with van der Waals surface area (Å²) in [5.74, 6) is 0.144. The van der Waals surface area contributed by atoms with Crippen LogP contribution in [0, 0.1) is 6.92 Å². The number of nitrogens with one attached hydrogen (secondary N) is 1. The molecule has 138 valence electrons. The second-order valence-corrected chi connectivity index (χ2v) is 6.24. The highest BCUT2D eigenvalue weighted by atomic mass is 32.1. The molecule has 0 spiro atoms. The first-order chi connectivity index (χ1) is 12.4. The van der Waals surface area contributed by atoms with Crippen LogP contribution in [0.2, 0.25) is 0 Å². The van der Waals surface area contributed by atoms with E-state index in [9.17, 15) is 9.59 Å². The zero-order valence-corrected chi connectivity index (χ0v) is 15.9. The zero-order valence-electron chi connectivity index (χ0n) is 15.0. The Labute approximate surface area is 155 Å². The molecule has 0 aliphatic rings. The van der Waals surface area contributed by atoms with E-state index in [0.29, 0.717) is 39.2 Å². The fourth-order valence-electron chi connectivity index (χ4n) is 2.38. The number of thiazole rings is 1. The number of carbonyl (C=O) groups is 2. The molecule has 0 unspecified atom stereocenters. The predicted octanol–water partition coefficient (Wildman–Crippen LogP) is 3.24. The maximum Gasteiger partial charge on any atom is 0.350 e. The van der Waals surface area contributed by atoms with Crippen molar-refractivity contribution in [2.45, 2.75) is 13.3 Å². The standard InChI is InChI=1S/C18H20N2O5S/c1-6-7-11-8-12(9-13(23-3)14(11)24-4)16(21)20-18-19-10(2)15(26-18)17(22)25-5/h6,8-9H,1,7H2,2-5H3,(H,19,20,21). The van der Waals surface area contributed by atoms with Gasteiger partial charge in [0.25, 0.3) is 5.91 Å². The molecule has 1 amide bonds. The lowest BCUT2D eigenvalue weighted by molar-refractivity contribution is 0.0605. The van der Waals surface area contributed by atoms with E-state index in [1.165, 1.54) is 21.3 Å². The molecule has 1 N–H and O–H groups in total. The van der Waals surface area contributed by atoms with Gasteiger partial charge < -0.3 is 14.2 Å². The van der Waals surface area contributed by atoms with E-state index >= 15 is 0 Å². The maximum atomic E-state index is 12.6. The first-order valence-corrected chi connectivity index (χ1v) is 8.49. The van der Waals surface area contributed by atoms with Crippen LogP contribution in [0.3, 0.4) is 0 Å². The van der Waals surface area contributed by atoms with Crippen molar-refractivity contribution in [3.05, 3.63) is 46.5 Å². The van der Waals surface area contributed by atoms with Crippen LogP contribution in [0.1, 0.15) is 31.3 Å². The third kappa shape index (κ3) is 4.02. The van der Waals surface area contributed by atoms with Crippen molar-refractivity contribution in [1.82, 2.24) is 4.98 Å². The molecular formula is C18H20N2O5S. The van der Waals surface area contributed by atoms with Gasteiger partial charge >= 0.3 is 5.97 Å². The molecule has 26 heavy (non-hydrogen) atoms. The normalized spacial score (nSPS) is 10.2. The Morgan fingerprint density at radius 3 is 2.58 bits per heavy atom. The lowest BCUT2D eigenvalue weighted by atomic mass is 10.1. The van der Waals surface area contributed by atoms with Crippen LogP contribution < -0.4 is 14.8 Å². The van der Waals surface area contributed by atoms with Crippen molar-refractivity contribution in [2.24, 2.45) is 0 Å². The van der Waals surface area contributed by atoms with Crippen LogP contribution in [0.15, 0.2) is 24.8 Å². The second-order valence-electron chi connectivity index (χ2n) is 5.24. The smallest absolute Gasteiger partial charge is 0.350 e. The lowest BCUT2D eigenvalue weighted by Gasteiger charge is -2.14. The minimum atomic E-state index is -0.486.